The Morgan fingerprint density at radius 1 is 1.25 bits per heavy atom. The molecule has 1 N–H and O–H groups in total. The van der Waals surface area contributed by atoms with Crippen molar-refractivity contribution in [2.75, 3.05) is 6.61 Å². The van der Waals surface area contributed by atoms with E-state index >= 15 is 0 Å². The van der Waals surface area contributed by atoms with E-state index in [1.165, 1.54) is 17.5 Å². The average Bonchev–Trinajstić information content (AvgIpc) is 2.74. The van der Waals surface area contributed by atoms with E-state index in [1.807, 2.05) is 0 Å². The van der Waals surface area contributed by atoms with Crippen LogP contribution in [0.4, 0.5) is 0 Å². The lowest BCUT2D eigenvalue weighted by atomic mass is 10.1. The summed E-state index contributed by atoms with van der Waals surface area (Å²) >= 11 is 0. The van der Waals surface area contributed by atoms with Crippen LogP contribution in [0.2, 0.25) is 0 Å². The van der Waals surface area contributed by atoms with Crippen molar-refractivity contribution in [2.24, 2.45) is 0 Å². The highest BCUT2D eigenvalue weighted by Gasteiger charge is 2.29. The molecule has 0 aliphatic heterocycles. The van der Waals surface area contributed by atoms with E-state index < -0.39 is 17.7 Å². The molecule has 0 spiro atoms. The number of aromatic nitrogens is 1. The zero-order chi connectivity index (χ0) is 14.9. The van der Waals surface area contributed by atoms with Gasteiger partial charge in [0.25, 0.3) is 0 Å². The van der Waals surface area contributed by atoms with Gasteiger partial charge in [0.1, 0.15) is 5.69 Å². The lowest BCUT2D eigenvalue weighted by molar-refractivity contribution is 0.0515. The molecule has 0 saturated carbocycles. The van der Waals surface area contributed by atoms with Crippen LogP contribution in [0.3, 0.4) is 0 Å². The Morgan fingerprint density at radius 2 is 1.95 bits per heavy atom. The molecule has 0 aliphatic rings. The van der Waals surface area contributed by atoms with Crippen molar-refractivity contribution in [3.05, 3.63) is 41.2 Å². The van der Waals surface area contributed by atoms with Gasteiger partial charge in [-0.3, -0.25) is 4.79 Å². The van der Waals surface area contributed by atoms with Gasteiger partial charge in [-0.05, 0) is 26.0 Å². The summed E-state index contributed by atoms with van der Waals surface area (Å²) in [6.45, 7) is 3.00. The highest BCUT2D eigenvalue weighted by atomic mass is 16.5. The molecule has 0 saturated heterocycles. The molecular formula is C14H13NO5. The third-order valence-corrected chi connectivity index (χ3v) is 2.88. The van der Waals surface area contributed by atoms with Gasteiger partial charge in [0.15, 0.2) is 5.78 Å². The second kappa shape index (κ2) is 5.16. The molecule has 104 valence electrons. The van der Waals surface area contributed by atoms with E-state index in [0.29, 0.717) is 0 Å². The number of aromatic carboxylic acids is 1. The number of nitrogens with zero attached hydrogens (tertiary/aromatic N) is 1. The number of ketones is 1. The Labute approximate surface area is 114 Å². The van der Waals surface area contributed by atoms with Gasteiger partial charge in [-0.15, -0.1) is 0 Å². The van der Waals surface area contributed by atoms with Gasteiger partial charge in [-0.2, -0.15) is 0 Å². The predicted molar refractivity (Wildman–Crippen MR) is 70.3 cm³/mol. The summed E-state index contributed by atoms with van der Waals surface area (Å²) in [7, 11) is 0. The van der Waals surface area contributed by atoms with Gasteiger partial charge >= 0.3 is 11.9 Å². The van der Waals surface area contributed by atoms with Crippen LogP contribution in [0.25, 0.3) is 5.52 Å². The lowest BCUT2D eigenvalue weighted by Crippen LogP contribution is -2.13. The Kier molecular flexibility index (Phi) is 3.56. The number of ether oxygens (including phenoxy) is 1. The number of hydrogen-bond donors (Lipinski definition) is 1. The number of carbonyl (C=O) groups excluding carboxylic acids is 2. The fourth-order valence-corrected chi connectivity index (χ4v) is 2.17. The standard InChI is InChI=1S/C14H13NO5/c1-3-20-14(19)12-10(8(2)16)11(13(17)18)9-6-4-5-7-15(9)12/h4-7H,3H2,1-2H3,(H,17,18). The highest BCUT2D eigenvalue weighted by molar-refractivity contribution is 6.15. The van der Waals surface area contributed by atoms with E-state index in [2.05, 4.69) is 0 Å². The number of pyridine rings is 1. The summed E-state index contributed by atoms with van der Waals surface area (Å²) in [6.07, 6.45) is 1.53. The Balaban J connectivity index is 2.90. The number of hydrogen-bond acceptors (Lipinski definition) is 4. The molecule has 2 aromatic heterocycles. The second-order valence-corrected chi connectivity index (χ2v) is 4.14. The van der Waals surface area contributed by atoms with E-state index in [4.69, 9.17) is 4.74 Å². The van der Waals surface area contributed by atoms with Crippen LogP contribution in [0.1, 0.15) is 45.1 Å². The van der Waals surface area contributed by atoms with Crippen molar-refractivity contribution in [2.45, 2.75) is 13.8 Å². The number of fused-ring (bicyclic) bond motifs is 1. The summed E-state index contributed by atoms with van der Waals surface area (Å²) in [5.41, 5.74) is -0.0658. The maximum absolute atomic E-state index is 12.0. The number of carbonyl (C=O) groups is 3. The minimum atomic E-state index is -1.26. The molecule has 0 bridgehead atoms. The summed E-state index contributed by atoms with van der Waals surface area (Å²) in [5, 5.41) is 9.32. The maximum atomic E-state index is 12.0. The van der Waals surface area contributed by atoms with Gasteiger partial charge in [-0.1, -0.05) is 6.07 Å². The van der Waals surface area contributed by atoms with Crippen LogP contribution < -0.4 is 0 Å². The predicted octanol–water partition coefficient (Wildman–Crippen LogP) is 2.02. The van der Waals surface area contributed by atoms with Crippen molar-refractivity contribution in [1.82, 2.24) is 4.40 Å². The molecule has 0 fully saturated rings. The molecule has 0 aromatic carbocycles. The molecule has 6 heteroatoms. The summed E-state index contributed by atoms with van der Waals surface area (Å²) in [5.74, 6) is -2.46. The lowest BCUT2D eigenvalue weighted by Gasteiger charge is -2.04. The third-order valence-electron chi connectivity index (χ3n) is 2.88. The largest absolute Gasteiger partial charge is 0.478 e. The molecule has 0 aliphatic carbocycles. The molecule has 2 aromatic rings. The monoisotopic (exact) mass is 275 g/mol. The topological polar surface area (TPSA) is 85.1 Å². The number of Topliss-reactive ketones (excluding diaryl/α,β-unsaturated/α-hetero) is 1. The van der Waals surface area contributed by atoms with Crippen molar-refractivity contribution < 1.29 is 24.2 Å². The molecule has 0 atom stereocenters. The number of carboxylic acids is 1. The molecule has 20 heavy (non-hydrogen) atoms. The molecule has 0 radical (unpaired) electrons. The SMILES string of the molecule is CCOC(=O)c1c(C(C)=O)c(C(=O)O)c2ccccn12. The van der Waals surface area contributed by atoms with E-state index in [9.17, 15) is 19.5 Å². The number of carboxylic acid groups (broad SMARTS) is 1. The Bertz CT molecular complexity index is 714. The van der Waals surface area contributed by atoms with Crippen molar-refractivity contribution in [3.63, 3.8) is 0 Å². The molecule has 2 heterocycles. The molecule has 0 amide bonds. The summed E-state index contributed by atoms with van der Waals surface area (Å²) < 4.78 is 6.29. The maximum Gasteiger partial charge on any atom is 0.356 e. The number of rotatable bonds is 4. The fraction of sp³-hybridized carbons (Fsp3) is 0.214. The first-order valence-electron chi connectivity index (χ1n) is 6.03. The zero-order valence-corrected chi connectivity index (χ0v) is 11.0. The van der Waals surface area contributed by atoms with Gasteiger partial charge < -0.3 is 14.2 Å². The van der Waals surface area contributed by atoms with Crippen LogP contribution in [-0.4, -0.2) is 33.8 Å². The van der Waals surface area contributed by atoms with Crippen molar-refractivity contribution in [3.8, 4) is 0 Å². The van der Waals surface area contributed by atoms with Gasteiger partial charge in [-0.25, -0.2) is 9.59 Å². The minimum absolute atomic E-state index is 0.0487. The average molecular weight is 275 g/mol. The smallest absolute Gasteiger partial charge is 0.356 e. The Morgan fingerprint density at radius 3 is 2.50 bits per heavy atom. The minimum Gasteiger partial charge on any atom is -0.478 e. The van der Waals surface area contributed by atoms with Crippen molar-refractivity contribution >= 4 is 23.2 Å². The van der Waals surface area contributed by atoms with E-state index in [-0.39, 0.29) is 28.9 Å². The molecular weight excluding hydrogens is 262 g/mol. The number of esters is 1. The third kappa shape index (κ3) is 2.05. The van der Waals surface area contributed by atoms with Crippen LogP contribution >= 0.6 is 0 Å². The van der Waals surface area contributed by atoms with Crippen LogP contribution in [0.15, 0.2) is 24.4 Å². The zero-order valence-electron chi connectivity index (χ0n) is 11.0. The van der Waals surface area contributed by atoms with E-state index in [0.717, 1.165) is 0 Å². The van der Waals surface area contributed by atoms with Gasteiger partial charge in [0, 0.05) is 6.20 Å². The van der Waals surface area contributed by atoms with E-state index in [1.54, 1.807) is 25.1 Å². The first-order chi connectivity index (χ1) is 9.49. The van der Waals surface area contributed by atoms with Crippen LogP contribution in [-0.2, 0) is 4.74 Å². The van der Waals surface area contributed by atoms with Gasteiger partial charge in [0.05, 0.1) is 23.3 Å². The second-order valence-electron chi connectivity index (χ2n) is 4.14. The van der Waals surface area contributed by atoms with Crippen LogP contribution in [0.5, 0.6) is 0 Å². The first-order valence-corrected chi connectivity index (χ1v) is 6.03. The van der Waals surface area contributed by atoms with Gasteiger partial charge in [0.2, 0.25) is 0 Å². The fourth-order valence-electron chi connectivity index (χ4n) is 2.17. The summed E-state index contributed by atoms with van der Waals surface area (Å²) in [4.78, 5) is 35.2. The van der Waals surface area contributed by atoms with Crippen molar-refractivity contribution in [1.29, 1.82) is 0 Å². The first kappa shape index (κ1) is 13.8. The van der Waals surface area contributed by atoms with Crippen LogP contribution in [0, 0.1) is 0 Å². The molecule has 6 nitrogen and oxygen atoms in total. The quantitative estimate of drug-likeness (QED) is 0.681. The Hall–Kier alpha value is -2.63. The normalized spacial score (nSPS) is 10.5. The summed E-state index contributed by atoms with van der Waals surface area (Å²) in [6, 6.07) is 4.82. The molecule has 0 unspecified atom stereocenters. The highest BCUT2D eigenvalue weighted by Crippen LogP contribution is 2.25. The molecule has 2 rings (SSSR count).